The minimum absolute atomic E-state index is 0.0722. The van der Waals surface area contributed by atoms with Crippen molar-refractivity contribution in [3.63, 3.8) is 0 Å². The van der Waals surface area contributed by atoms with Crippen molar-refractivity contribution < 1.29 is 19.1 Å². The predicted octanol–water partition coefficient (Wildman–Crippen LogP) is 3.22. The summed E-state index contributed by atoms with van der Waals surface area (Å²) < 4.78 is 9.15. The molecule has 0 aliphatic carbocycles. The van der Waals surface area contributed by atoms with E-state index in [4.69, 9.17) is 4.74 Å². The van der Waals surface area contributed by atoms with Gasteiger partial charge in [0.15, 0.2) is 0 Å². The molecule has 1 rings (SSSR count). The number of nitrogens with one attached hydrogen (secondary N) is 1. The Morgan fingerprint density at radius 3 is 2.61 bits per heavy atom. The minimum atomic E-state index is -1.00. The molecule has 0 saturated heterocycles. The summed E-state index contributed by atoms with van der Waals surface area (Å²) in [6.07, 6.45) is -1.06. The van der Waals surface area contributed by atoms with E-state index >= 15 is 0 Å². The predicted molar refractivity (Wildman–Crippen MR) is 74.3 cm³/mol. The van der Waals surface area contributed by atoms with E-state index in [1.165, 1.54) is 0 Å². The van der Waals surface area contributed by atoms with E-state index in [0.29, 0.717) is 0 Å². The first-order valence-corrected chi connectivity index (χ1v) is 6.69. The lowest BCUT2D eigenvalue weighted by Gasteiger charge is -2.09. The smallest absolute Gasteiger partial charge is 0.429 e. The van der Waals surface area contributed by atoms with Crippen LogP contribution in [0.4, 0.5) is 9.59 Å². The number of ether oxygens (including phenoxy) is 2. The third-order valence-electron chi connectivity index (χ3n) is 2.01. The van der Waals surface area contributed by atoms with Crippen LogP contribution in [0.2, 0.25) is 0 Å². The van der Waals surface area contributed by atoms with Gasteiger partial charge < -0.3 is 14.8 Å². The van der Waals surface area contributed by atoms with Gasteiger partial charge in [-0.15, -0.1) is 0 Å². The van der Waals surface area contributed by atoms with Gasteiger partial charge in [-0.05, 0) is 12.0 Å². The lowest BCUT2D eigenvalue weighted by atomic mass is 10.2. The summed E-state index contributed by atoms with van der Waals surface area (Å²) in [5.41, 5.74) is 0.829. The Bertz CT molecular complexity index is 396. The van der Waals surface area contributed by atoms with Gasteiger partial charge in [0, 0.05) is 0 Å². The molecule has 1 amide bonds. The molecule has 0 aromatic heterocycles. The maximum atomic E-state index is 11.2. The number of hydrogen-bond donors (Lipinski definition) is 1. The number of rotatable bonds is 4. The summed E-state index contributed by atoms with van der Waals surface area (Å²) in [5.74, 6) is 0. The van der Waals surface area contributed by atoms with Gasteiger partial charge in [0.25, 0.3) is 0 Å². The Kier molecular flexibility index (Phi) is 6.48. The molecule has 18 heavy (non-hydrogen) atoms. The average molecular weight is 363 g/mol. The second-order valence-electron chi connectivity index (χ2n) is 3.43. The fourth-order valence-corrected chi connectivity index (χ4v) is 1.34. The number of alkyl carbamates (subject to hydrolysis) is 1. The van der Waals surface area contributed by atoms with Crippen LogP contribution in [-0.4, -0.2) is 16.3 Å². The average Bonchev–Trinajstić information content (AvgIpc) is 2.37. The van der Waals surface area contributed by atoms with Crippen LogP contribution in [0.1, 0.15) is 18.9 Å². The molecule has 0 spiro atoms. The Morgan fingerprint density at radius 1 is 1.33 bits per heavy atom. The van der Waals surface area contributed by atoms with Crippen LogP contribution in [-0.2, 0) is 16.1 Å². The topological polar surface area (TPSA) is 64.6 Å². The van der Waals surface area contributed by atoms with Crippen LogP contribution in [0.5, 0.6) is 0 Å². The Labute approximate surface area is 119 Å². The maximum absolute atomic E-state index is 11.2. The lowest BCUT2D eigenvalue weighted by Crippen LogP contribution is -2.32. The first-order valence-electron chi connectivity index (χ1n) is 5.45. The highest BCUT2D eigenvalue weighted by molar-refractivity contribution is 14.1. The molecule has 0 radical (unpaired) electrons. The van der Waals surface area contributed by atoms with E-state index in [2.05, 4.69) is 10.1 Å². The number of carbonyl (C=O) groups excluding carboxylic acids is 2. The number of alkyl halides is 1. The zero-order chi connectivity index (χ0) is 13.4. The normalized spacial score (nSPS) is 11.4. The SMILES string of the molecule is CCC(I)NC(=O)OC(=O)OCc1ccccc1. The summed E-state index contributed by atoms with van der Waals surface area (Å²) in [7, 11) is 0. The molecule has 6 heteroatoms. The molecule has 0 bridgehead atoms. The Hall–Kier alpha value is -1.31. The second-order valence-corrected chi connectivity index (χ2v) is 4.94. The van der Waals surface area contributed by atoms with E-state index in [1.807, 2.05) is 59.8 Å². The van der Waals surface area contributed by atoms with Gasteiger partial charge in [0.05, 0.1) is 4.05 Å². The fraction of sp³-hybridized carbons (Fsp3) is 0.333. The van der Waals surface area contributed by atoms with Crippen molar-refractivity contribution in [2.75, 3.05) is 0 Å². The summed E-state index contributed by atoms with van der Waals surface area (Å²) >= 11 is 2.03. The third kappa shape index (κ3) is 5.85. The van der Waals surface area contributed by atoms with Gasteiger partial charge in [-0.3, -0.25) is 0 Å². The molecule has 0 fully saturated rings. The molecule has 0 saturated carbocycles. The number of carbonyl (C=O) groups is 2. The fourth-order valence-electron chi connectivity index (χ4n) is 1.08. The summed E-state index contributed by atoms with van der Waals surface area (Å²) in [6, 6.07) is 9.15. The molecule has 0 aliphatic rings. The van der Waals surface area contributed by atoms with E-state index in [1.54, 1.807) is 0 Å². The van der Waals surface area contributed by atoms with Gasteiger partial charge in [0.2, 0.25) is 0 Å². The monoisotopic (exact) mass is 363 g/mol. The molecule has 98 valence electrons. The van der Waals surface area contributed by atoms with E-state index in [-0.39, 0.29) is 10.7 Å². The van der Waals surface area contributed by atoms with Gasteiger partial charge in [0.1, 0.15) is 6.61 Å². The quantitative estimate of drug-likeness (QED) is 0.293. The zero-order valence-electron chi connectivity index (χ0n) is 9.89. The number of benzene rings is 1. The summed E-state index contributed by atoms with van der Waals surface area (Å²) in [4.78, 5) is 22.4. The van der Waals surface area contributed by atoms with E-state index in [9.17, 15) is 9.59 Å². The lowest BCUT2D eigenvalue weighted by molar-refractivity contribution is 0.0696. The molecular weight excluding hydrogens is 349 g/mol. The van der Waals surface area contributed by atoms with Crippen LogP contribution < -0.4 is 5.32 Å². The Balaban J connectivity index is 2.27. The van der Waals surface area contributed by atoms with Gasteiger partial charge in [-0.25, -0.2) is 9.59 Å². The van der Waals surface area contributed by atoms with Crippen molar-refractivity contribution in [3.05, 3.63) is 35.9 Å². The van der Waals surface area contributed by atoms with Crippen molar-refractivity contribution in [3.8, 4) is 0 Å². The van der Waals surface area contributed by atoms with Crippen molar-refractivity contribution in [2.24, 2.45) is 0 Å². The zero-order valence-corrected chi connectivity index (χ0v) is 12.0. The van der Waals surface area contributed by atoms with Crippen molar-refractivity contribution in [1.29, 1.82) is 0 Å². The highest BCUT2D eigenvalue weighted by Gasteiger charge is 2.13. The van der Waals surface area contributed by atoms with Crippen LogP contribution in [0.3, 0.4) is 0 Å². The number of amides is 1. The van der Waals surface area contributed by atoms with Crippen LogP contribution in [0, 0.1) is 0 Å². The van der Waals surface area contributed by atoms with Crippen LogP contribution >= 0.6 is 22.6 Å². The molecule has 5 nitrogen and oxygen atoms in total. The summed E-state index contributed by atoms with van der Waals surface area (Å²) in [6.45, 7) is 1.99. The van der Waals surface area contributed by atoms with Crippen molar-refractivity contribution in [2.45, 2.75) is 24.0 Å². The number of hydrogen-bond acceptors (Lipinski definition) is 4. The summed E-state index contributed by atoms with van der Waals surface area (Å²) in [5, 5.41) is 2.48. The molecule has 0 aliphatic heterocycles. The molecule has 1 atom stereocenters. The Morgan fingerprint density at radius 2 is 2.00 bits per heavy atom. The van der Waals surface area contributed by atoms with E-state index < -0.39 is 12.2 Å². The maximum Gasteiger partial charge on any atom is 0.517 e. The molecule has 1 unspecified atom stereocenters. The van der Waals surface area contributed by atoms with Crippen molar-refractivity contribution in [1.82, 2.24) is 5.32 Å². The van der Waals surface area contributed by atoms with Gasteiger partial charge in [-0.2, -0.15) is 0 Å². The molecule has 1 aromatic carbocycles. The largest absolute Gasteiger partial charge is 0.517 e. The number of halogens is 1. The molecule has 1 N–H and O–H groups in total. The first-order chi connectivity index (χ1) is 8.61. The minimum Gasteiger partial charge on any atom is -0.429 e. The second kappa shape index (κ2) is 7.91. The van der Waals surface area contributed by atoms with Crippen LogP contribution in [0.15, 0.2) is 30.3 Å². The highest BCUT2D eigenvalue weighted by Crippen LogP contribution is 2.03. The third-order valence-corrected chi connectivity index (χ3v) is 3.20. The molecular formula is C12H14INO4. The van der Waals surface area contributed by atoms with E-state index in [0.717, 1.165) is 12.0 Å². The first kappa shape index (κ1) is 14.7. The standard InChI is InChI=1S/C12H14INO4/c1-2-10(13)14-11(15)18-12(16)17-8-9-6-4-3-5-7-9/h3-7,10H,2,8H2,1H3,(H,14,15). The van der Waals surface area contributed by atoms with Crippen LogP contribution in [0.25, 0.3) is 0 Å². The van der Waals surface area contributed by atoms with Crippen molar-refractivity contribution >= 4 is 34.8 Å². The van der Waals surface area contributed by atoms with Gasteiger partial charge >= 0.3 is 12.2 Å². The highest BCUT2D eigenvalue weighted by atomic mass is 127. The molecule has 0 heterocycles. The molecule has 1 aromatic rings. The van der Waals surface area contributed by atoms with Gasteiger partial charge in [-0.1, -0.05) is 59.8 Å².